The number of anilines is 1. The van der Waals surface area contributed by atoms with Gasteiger partial charge in [0.2, 0.25) is 0 Å². The summed E-state index contributed by atoms with van der Waals surface area (Å²) < 4.78 is 10.6. The lowest BCUT2D eigenvalue weighted by Gasteiger charge is -2.08. The highest BCUT2D eigenvalue weighted by Gasteiger charge is 2.22. The van der Waals surface area contributed by atoms with Gasteiger partial charge in [-0.15, -0.1) is 11.3 Å². The van der Waals surface area contributed by atoms with E-state index in [4.69, 9.17) is 26.2 Å². The minimum Gasteiger partial charge on any atom is -0.480 e. The van der Waals surface area contributed by atoms with Gasteiger partial charge < -0.3 is 19.9 Å². The van der Waals surface area contributed by atoms with E-state index in [9.17, 15) is 9.59 Å². The summed E-state index contributed by atoms with van der Waals surface area (Å²) in [5.41, 5.74) is 0.477. The van der Waals surface area contributed by atoms with Gasteiger partial charge in [-0.25, -0.2) is 9.78 Å². The summed E-state index contributed by atoms with van der Waals surface area (Å²) in [4.78, 5) is 27.6. The van der Waals surface area contributed by atoms with E-state index in [1.165, 1.54) is 29.7 Å². The summed E-state index contributed by atoms with van der Waals surface area (Å²) in [6.07, 6.45) is 3.43. The number of rotatable bonds is 6. The summed E-state index contributed by atoms with van der Waals surface area (Å²) >= 11 is 7.34. The predicted molar refractivity (Wildman–Crippen MR) is 92.6 cm³/mol. The monoisotopic (exact) mass is 382 g/mol. The molecule has 2 aromatic rings. The molecule has 0 aliphatic carbocycles. The van der Waals surface area contributed by atoms with Crippen LogP contribution in [0.5, 0.6) is 5.75 Å². The normalized spacial score (nSPS) is 16.6. The van der Waals surface area contributed by atoms with Crippen LogP contribution >= 0.6 is 22.9 Å². The van der Waals surface area contributed by atoms with E-state index in [2.05, 4.69) is 10.3 Å². The van der Waals surface area contributed by atoms with E-state index in [0.717, 1.165) is 24.5 Å². The van der Waals surface area contributed by atoms with Crippen molar-refractivity contribution in [1.29, 1.82) is 0 Å². The van der Waals surface area contributed by atoms with Gasteiger partial charge in [-0.05, 0) is 31.0 Å². The van der Waals surface area contributed by atoms with Crippen molar-refractivity contribution in [3.8, 4) is 5.75 Å². The Morgan fingerprint density at radius 3 is 3.00 bits per heavy atom. The molecule has 2 heterocycles. The first-order valence-corrected chi connectivity index (χ1v) is 8.75. The molecule has 132 valence electrons. The van der Waals surface area contributed by atoms with Crippen LogP contribution < -0.4 is 10.1 Å². The van der Waals surface area contributed by atoms with E-state index < -0.39 is 12.6 Å². The number of nitrogens with zero attached hydrogens (tertiary/aromatic N) is 1. The van der Waals surface area contributed by atoms with Crippen molar-refractivity contribution in [2.75, 3.05) is 18.5 Å². The smallest absolute Gasteiger partial charge is 0.341 e. The molecule has 1 aliphatic rings. The molecule has 0 spiro atoms. The number of hydrogen-bond acceptors (Lipinski definition) is 6. The third-order valence-electron chi connectivity index (χ3n) is 3.49. The molecule has 7 nitrogen and oxygen atoms in total. The number of thiazole rings is 1. The number of carbonyl (C=O) groups excluding carboxylic acids is 1. The van der Waals surface area contributed by atoms with Crippen molar-refractivity contribution >= 4 is 40.5 Å². The lowest BCUT2D eigenvalue weighted by molar-refractivity contribution is -0.139. The first kappa shape index (κ1) is 17.7. The van der Waals surface area contributed by atoms with E-state index in [1.807, 2.05) is 0 Å². The van der Waals surface area contributed by atoms with Crippen LogP contribution in [-0.4, -0.2) is 35.2 Å². The average Bonchev–Trinajstić information content (AvgIpc) is 3.25. The maximum absolute atomic E-state index is 12.3. The van der Waals surface area contributed by atoms with Crippen LogP contribution in [0.4, 0.5) is 5.69 Å². The summed E-state index contributed by atoms with van der Waals surface area (Å²) in [6, 6.07) is 4.59. The highest BCUT2D eigenvalue weighted by Crippen LogP contribution is 2.32. The summed E-state index contributed by atoms with van der Waals surface area (Å²) in [6.45, 7) is 0.235. The van der Waals surface area contributed by atoms with Crippen molar-refractivity contribution < 1.29 is 24.2 Å². The summed E-state index contributed by atoms with van der Waals surface area (Å²) in [5, 5.41) is 12.4. The van der Waals surface area contributed by atoms with E-state index in [1.54, 1.807) is 6.07 Å². The van der Waals surface area contributed by atoms with Crippen molar-refractivity contribution in [1.82, 2.24) is 4.98 Å². The number of aliphatic carboxylic acids is 1. The Labute approximate surface area is 152 Å². The second kappa shape index (κ2) is 7.81. The molecule has 1 saturated heterocycles. The molecule has 1 amide bonds. The molecule has 0 radical (unpaired) electrons. The second-order valence-corrected chi connectivity index (χ2v) is 6.82. The highest BCUT2D eigenvalue weighted by atomic mass is 35.5. The van der Waals surface area contributed by atoms with Gasteiger partial charge in [0, 0.05) is 12.3 Å². The first-order chi connectivity index (χ1) is 12.0. The second-order valence-electron chi connectivity index (χ2n) is 5.35. The molecule has 1 fully saturated rings. The summed E-state index contributed by atoms with van der Waals surface area (Å²) in [7, 11) is 0. The number of benzene rings is 1. The quantitative estimate of drug-likeness (QED) is 0.794. The molecule has 1 atom stereocenters. The topological polar surface area (TPSA) is 97.8 Å². The zero-order valence-electron chi connectivity index (χ0n) is 13.0. The van der Waals surface area contributed by atoms with Crippen LogP contribution in [0.25, 0.3) is 0 Å². The predicted octanol–water partition coefficient (Wildman–Crippen LogP) is 3.36. The molecule has 2 N–H and O–H groups in total. The highest BCUT2D eigenvalue weighted by molar-refractivity contribution is 7.13. The Hall–Kier alpha value is -2.16. The molecule has 1 aromatic carbocycles. The van der Waals surface area contributed by atoms with Crippen molar-refractivity contribution in [2.45, 2.75) is 18.9 Å². The number of nitrogens with one attached hydrogen (secondary N) is 1. The standard InChI is InChI=1S/C16H15ClN2O5S/c17-10-6-9(3-4-11(10)24-8-14(20)21)19-15(22)13-7-18-16(25-13)12-2-1-5-23-12/h3-4,6-7,12H,1-2,5,8H2,(H,19,22)(H,20,21). The van der Waals surface area contributed by atoms with Crippen molar-refractivity contribution in [3.05, 3.63) is 39.3 Å². The maximum Gasteiger partial charge on any atom is 0.341 e. The Morgan fingerprint density at radius 2 is 2.32 bits per heavy atom. The Balaban J connectivity index is 1.64. The number of carboxylic acids is 1. The number of halogens is 1. The van der Waals surface area contributed by atoms with Gasteiger partial charge in [-0.2, -0.15) is 0 Å². The van der Waals surface area contributed by atoms with Crippen LogP contribution in [0.2, 0.25) is 5.02 Å². The minimum atomic E-state index is -1.10. The number of aromatic nitrogens is 1. The Bertz CT molecular complexity index is 789. The lowest BCUT2D eigenvalue weighted by atomic mass is 10.2. The van der Waals surface area contributed by atoms with Crippen molar-refractivity contribution in [3.63, 3.8) is 0 Å². The zero-order chi connectivity index (χ0) is 17.8. The number of carboxylic acid groups (broad SMARTS) is 1. The number of hydrogen-bond donors (Lipinski definition) is 2. The third-order valence-corrected chi connectivity index (χ3v) is 4.88. The molecule has 1 unspecified atom stereocenters. The van der Waals surface area contributed by atoms with Crippen molar-refractivity contribution in [2.24, 2.45) is 0 Å². The van der Waals surface area contributed by atoms with Gasteiger partial charge in [0.05, 0.1) is 11.2 Å². The van der Waals surface area contributed by atoms with Gasteiger partial charge in [0.25, 0.3) is 5.91 Å². The van der Waals surface area contributed by atoms with E-state index in [0.29, 0.717) is 10.6 Å². The van der Waals surface area contributed by atoms with E-state index >= 15 is 0 Å². The molecule has 3 rings (SSSR count). The summed E-state index contributed by atoms with van der Waals surface area (Å²) in [5.74, 6) is -1.15. The largest absolute Gasteiger partial charge is 0.480 e. The molecule has 1 aromatic heterocycles. The van der Waals surface area contributed by atoms with Crippen LogP contribution in [0, 0.1) is 0 Å². The molecule has 9 heteroatoms. The fourth-order valence-corrected chi connectivity index (χ4v) is 3.47. The van der Waals surface area contributed by atoms with Gasteiger partial charge in [0.1, 0.15) is 21.7 Å². The molecular weight excluding hydrogens is 368 g/mol. The minimum absolute atomic E-state index is 0.0216. The molecular formula is C16H15ClN2O5S. The zero-order valence-corrected chi connectivity index (χ0v) is 14.6. The maximum atomic E-state index is 12.3. The fourth-order valence-electron chi connectivity index (χ4n) is 2.34. The van der Waals surface area contributed by atoms with Crippen LogP contribution in [-0.2, 0) is 9.53 Å². The third kappa shape index (κ3) is 4.47. The van der Waals surface area contributed by atoms with Crippen LogP contribution in [0.15, 0.2) is 24.4 Å². The fraction of sp³-hybridized carbons (Fsp3) is 0.312. The SMILES string of the molecule is O=C(O)COc1ccc(NC(=O)c2cnc(C3CCCO3)s2)cc1Cl. The first-order valence-electron chi connectivity index (χ1n) is 7.56. The van der Waals surface area contributed by atoms with E-state index in [-0.39, 0.29) is 22.8 Å². The number of ether oxygens (including phenoxy) is 2. The number of carbonyl (C=O) groups is 2. The Morgan fingerprint density at radius 1 is 1.48 bits per heavy atom. The molecule has 0 bridgehead atoms. The molecule has 25 heavy (non-hydrogen) atoms. The Kier molecular flexibility index (Phi) is 5.52. The number of amides is 1. The van der Waals surface area contributed by atoms with Gasteiger partial charge >= 0.3 is 5.97 Å². The van der Waals surface area contributed by atoms with Crippen LogP contribution in [0.1, 0.15) is 33.6 Å². The van der Waals surface area contributed by atoms with Gasteiger partial charge in [0.15, 0.2) is 6.61 Å². The van der Waals surface area contributed by atoms with Gasteiger partial charge in [-0.1, -0.05) is 11.6 Å². The molecule has 1 aliphatic heterocycles. The van der Waals surface area contributed by atoms with Crippen LogP contribution in [0.3, 0.4) is 0 Å². The lowest BCUT2D eigenvalue weighted by Crippen LogP contribution is -2.11. The molecule has 0 saturated carbocycles. The average molecular weight is 383 g/mol. The van der Waals surface area contributed by atoms with Gasteiger partial charge in [-0.3, -0.25) is 4.79 Å².